The highest BCUT2D eigenvalue weighted by Crippen LogP contribution is 2.25. The molecule has 4 nitrogen and oxygen atoms in total. The number of aromatic nitrogens is 1. The molecule has 21 heavy (non-hydrogen) atoms. The first kappa shape index (κ1) is 17.6. The van der Waals surface area contributed by atoms with E-state index in [2.05, 4.69) is 10.3 Å². The standard InChI is InChI=1S/C15H19N3OS.ClH/c1-15(2,3)12(16)13(19)18-11-6-4-5-10(9-11)14-17-7-8-20-14;/h4-9,12H,16H2,1-3H3,(H,18,19);1H/t12-;/m1./s1. The van der Waals surface area contributed by atoms with Gasteiger partial charge in [0.2, 0.25) is 5.91 Å². The molecule has 1 amide bonds. The van der Waals surface area contributed by atoms with E-state index in [1.165, 1.54) is 0 Å². The first-order valence-electron chi connectivity index (χ1n) is 6.44. The van der Waals surface area contributed by atoms with Gasteiger partial charge in [-0.2, -0.15) is 0 Å². The van der Waals surface area contributed by atoms with Gasteiger partial charge in [-0.3, -0.25) is 4.79 Å². The summed E-state index contributed by atoms with van der Waals surface area (Å²) in [6.45, 7) is 5.84. The van der Waals surface area contributed by atoms with Crippen LogP contribution >= 0.6 is 23.7 Å². The molecule has 1 aromatic carbocycles. The molecule has 0 fully saturated rings. The average Bonchev–Trinajstić information content (AvgIpc) is 2.91. The van der Waals surface area contributed by atoms with Crippen molar-refractivity contribution in [2.24, 2.45) is 11.1 Å². The minimum atomic E-state index is -0.550. The molecule has 2 aromatic rings. The van der Waals surface area contributed by atoms with Gasteiger partial charge in [0.1, 0.15) is 5.01 Å². The van der Waals surface area contributed by atoms with Crippen LogP contribution < -0.4 is 11.1 Å². The van der Waals surface area contributed by atoms with Gasteiger partial charge in [0.05, 0.1) is 6.04 Å². The van der Waals surface area contributed by atoms with E-state index < -0.39 is 6.04 Å². The van der Waals surface area contributed by atoms with E-state index in [-0.39, 0.29) is 23.7 Å². The lowest BCUT2D eigenvalue weighted by molar-refractivity contribution is -0.119. The molecule has 0 aliphatic carbocycles. The van der Waals surface area contributed by atoms with E-state index in [1.54, 1.807) is 17.5 Å². The molecule has 0 saturated heterocycles. The topological polar surface area (TPSA) is 68.0 Å². The zero-order valence-corrected chi connectivity index (χ0v) is 13.9. The highest BCUT2D eigenvalue weighted by atomic mass is 35.5. The van der Waals surface area contributed by atoms with Crippen molar-refractivity contribution in [3.63, 3.8) is 0 Å². The van der Waals surface area contributed by atoms with Crippen LogP contribution in [0.1, 0.15) is 20.8 Å². The lowest BCUT2D eigenvalue weighted by atomic mass is 9.87. The highest BCUT2D eigenvalue weighted by molar-refractivity contribution is 7.13. The molecule has 0 unspecified atom stereocenters. The molecule has 114 valence electrons. The van der Waals surface area contributed by atoms with Gasteiger partial charge in [0, 0.05) is 22.8 Å². The molecule has 0 bridgehead atoms. The van der Waals surface area contributed by atoms with Crippen molar-refractivity contribution in [3.05, 3.63) is 35.8 Å². The van der Waals surface area contributed by atoms with Crippen molar-refractivity contribution in [2.75, 3.05) is 5.32 Å². The van der Waals surface area contributed by atoms with E-state index in [0.717, 1.165) is 16.3 Å². The highest BCUT2D eigenvalue weighted by Gasteiger charge is 2.27. The van der Waals surface area contributed by atoms with Crippen LogP contribution in [-0.2, 0) is 4.79 Å². The summed E-state index contributed by atoms with van der Waals surface area (Å²) in [5, 5.41) is 5.72. The predicted molar refractivity (Wildman–Crippen MR) is 90.9 cm³/mol. The Morgan fingerprint density at radius 2 is 2.10 bits per heavy atom. The van der Waals surface area contributed by atoms with Crippen LogP contribution in [0.5, 0.6) is 0 Å². The Labute approximate surface area is 135 Å². The summed E-state index contributed by atoms with van der Waals surface area (Å²) in [6, 6.07) is 7.08. The summed E-state index contributed by atoms with van der Waals surface area (Å²) in [6.07, 6.45) is 1.76. The number of nitrogens with one attached hydrogen (secondary N) is 1. The maximum atomic E-state index is 12.1. The Kier molecular flexibility index (Phi) is 5.89. The first-order chi connectivity index (χ1) is 9.38. The average molecular weight is 326 g/mol. The van der Waals surface area contributed by atoms with E-state index in [9.17, 15) is 4.79 Å². The maximum Gasteiger partial charge on any atom is 0.241 e. The van der Waals surface area contributed by atoms with Crippen LogP contribution in [0.25, 0.3) is 10.6 Å². The second-order valence-electron chi connectivity index (χ2n) is 5.75. The molecule has 6 heteroatoms. The molecule has 0 spiro atoms. The van der Waals surface area contributed by atoms with Gasteiger partial charge in [-0.25, -0.2) is 4.98 Å². The number of benzene rings is 1. The number of hydrogen-bond donors (Lipinski definition) is 2. The third kappa shape index (κ3) is 4.52. The van der Waals surface area contributed by atoms with Gasteiger partial charge in [0.25, 0.3) is 0 Å². The number of carbonyl (C=O) groups excluding carboxylic acids is 1. The second kappa shape index (κ2) is 7.02. The lowest BCUT2D eigenvalue weighted by Gasteiger charge is -2.25. The number of thiazole rings is 1. The maximum absolute atomic E-state index is 12.1. The van der Waals surface area contributed by atoms with E-state index in [0.29, 0.717) is 0 Å². The second-order valence-corrected chi connectivity index (χ2v) is 6.65. The van der Waals surface area contributed by atoms with Gasteiger partial charge in [-0.05, 0) is 17.5 Å². The van der Waals surface area contributed by atoms with E-state index in [4.69, 9.17) is 5.73 Å². The van der Waals surface area contributed by atoms with Crippen molar-refractivity contribution in [3.8, 4) is 10.6 Å². The van der Waals surface area contributed by atoms with Crippen LogP contribution in [0.2, 0.25) is 0 Å². The fraction of sp³-hybridized carbons (Fsp3) is 0.333. The normalized spacial score (nSPS) is 12.4. The minimum Gasteiger partial charge on any atom is -0.325 e. The van der Waals surface area contributed by atoms with Crippen LogP contribution in [0.4, 0.5) is 5.69 Å². The number of nitrogens with two attached hydrogens (primary N) is 1. The number of rotatable bonds is 3. The smallest absolute Gasteiger partial charge is 0.241 e. The number of carbonyl (C=O) groups is 1. The van der Waals surface area contributed by atoms with Gasteiger partial charge in [-0.1, -0.05) is 32.9 Å². The molecule has 1 aromatic heterocycles. The fourth-order valence-corrected chi connectivity index (χ4v) is 2.34. The van der Waals surface area contributed by atoms with Crippen molar-refractivity contribution in [2.45, 2.75) is 26.8 Å². The minimum absolute atomic E-state index is 0. The van der Waals surface area contributed by atoms with E-state index in [1.807, 2.05) is 50.4 Å². The summed E-state index contributed by atoms with van der Waals surface area (Å²) >= 11 is 1.57. The van der Waals surface area contributed by atoms with E-state index >= 15 is 0 Å². The largest absolute Gasteiger partial charge is 0.325 e. The number of halogens is 1. The summed E-state index contributed by atoms with van der Waals surface area (Å²) < 4.78 is 0. The Hall–Kier alpha value is -1.43. The van der Waals surface area contributed by atoms with Crippen LogP contribution in [0.3, 0.4) is 0 Å². The molecule has 1 heterocycles. The zero-order valence-electron chi connectivity index (χ0n) is 12.3. The monoisotopic (exact) mass is 325 g/mol. The SMILES string of the molecule is CC(C)(C)[C@H](N)C(=O)Nc1cccc(-c2nccs2)c1.Cl. The van der Waals surface area contributed by atoms with Crippen molar-refractivity contribution in [1.29, 1.82) is 0 Å². The molecular weight excluding hydrogens is 306 g/mol. The molecule has 0 aliphatic rings. The zero-order chi connectivity index (χ0) is 14.8. The molecule has 0 radical (unpaired) electrons. The molecule has 1 atom stereocenters. The first-order valence-corrected chi connectivity index (χ1v) is 7.32. The number of amides is 1. The predicted octanol–water partition coefficient (Wildman–Crippen LogP) is 3.54. The fourth-order valence-electron chi connectivity index (χ4n) is 1.71. The van der Waals surface area contributed by atoms with Crippen molar-refractivity contribution < 1.29 is 4.79 Å². The summed E-state index contributed by atoms with van der Waals surface area (Å²) in [7, 11) is 0. The van der Waals surface area contributed by atoms with Crippen LogP contribution in [-0.4, -0.2) is 16.9 Å². The Morgan fingerprint density at radius 3 is 2.67 bits per heavy atom. The quantitative estimate of drug-likeness (QED) is 0.906. The van der Waals surface area contributed by atoms with Crippen molar-refractivity contribution >= 4 is 35.3 Å². The summed E-state index contributed by atoms with van der Waals surface area (Å²) in [4.78, 5) is 16.4. The third-order valence-electron chi connectivity index (χ3n) is 3.02. The number of nitrogens with zero attached hydrogens (tertiary/aromatic N) is 1. The molecule has 3 N–H and O–H groups in total. The van der Waals surface area contributed by atoms with Crippen LogP contribution in [0, 0.1) is 5.41 Å². The molecule has 2 rings (SSSR count). The number of hydrogen-bond acceptors (Lipinski definition) is 4. The Bertz CT molecular complexity index is 593. The molecule has 0 aliphatic heterocycles. The van der Waals surface area contributed by atoms with Crippen molar-refractivity contribution in [1.82, 2.24) is 4.98 Å². The molecule has 0 saturated carbocycles. The Morgan fingerprint density at radius 1 is 1.38 bits per heavy atom. The van der Waals surface area contributed by atoms with Gasteiger partial charge < -0.3 is 11.1 Å². The summed E-state index contributed by atoms with van der Waals surface area (Å²) in [5.41, 5.74) is 7.41. The Balaban J connectivity index is 0.00000220. The number of anilines is 1. The lowest BCUT2D eigenvalue weighted by Crippen LogP contribution is -2.45. The van der Waals surface area contributed by atoms with Crippen LogP contribution in [0.15, 0.2) is 35.8 Å². The molecular formula is C15H20ClN3OS. The summed E-state index contributed by atoms with van der Waals surface area (Å²) in [5.74, 6) is -0.172. The van der Waals surface area contributed by atoms with Gasteiger partial charge in [-0.15, -0.1) is 23.7 Å². The van der Waals surface area contributed by atoms with Gasteiger partial charge >= 0.3 is 0 Å². The van der Waals surface area contributed by atoms with Gasteiger partial charge in [0.15, 0.2) is 0 Å². The third-order valence-corrected chi connectivity index (χ3v) is 3.85.